The van der Waals surface area contributed by atoms with Crippen molar-refractivity contribution in [1.29, 1.82) is 0 Å². The van der Waals surface area contributed by atoms with Crippen LogP contribution in [-0.4, -0.2) is 62.8 Å². The average Bonchev–Trinajstić information content (AvgIpc) is 2.93. The first-order valence-corrected chi connectivity index (χ1v) is 8.90. The second-order valence-corrected chi connectivity index (χ2v) is 7.02. The first kappa shape index (κ1) is 23.9. The van der Waals surface area contributed by atoms with Crippen LogP contribution in [0.5, 0.6) is 0 Å². The van der Waals surface area contributed by atoms with Gasteiger partial charge in [0.25, 0.3) is 0 Å². The van der Waals surface area contributed by atoms with Crippen molar-refractivity contribution in [3.05, 3.63) is 0 Å². The van der Waals surface area contributed by atoms with Crippen molar-refractivity contribution in [1.82, 2.24) is 15.5 Å². The highest BCUT2D eigenvalue weighted by Crippen LogP contribution is 2.33. The van der Waals surface area contributed by atoms with Crippen molar-refractivity contribution >= 4 is 30.7 Å². The standard InChI is InChI=1S/C17H33N3O2.2ClH/c1-4-22-14(9-10-20(2)3)12-18-17(21)16-11-13-7-5-6-8-15(13)19-16;;/h13-16,19H,4-12H2,1-3H3,(H,18,21);2*1H. The van der Waals surface area contributed by atoms with Gasteiger partial charge in [0.2, 0.25) is 5.91 Å². The lowest BCUT2D eigenvalue weighted by atomic mass is 9.85. The van der Waals surface area contributed by atoms with Crippen LogP contribution < -0.4 is 10.6 Å². The summed E-state index contributed by atoms with van der Waals surface area (Å²) >= 11 is 0. The Morgan fingerprint density at radius 3 is 2.62 bits per heavy atom. The maximum atomic E-state index is 12.4. The molecule has 1 heterocycles. The quantitative estimate of drug-likeness (QED) is 0.674. The number of rotatable bonds is 8. The number of halogens is 2. The zero-order valence-corrected chi connectivity index (χ0v) is 16.9. The molecule has 1 saturated heterocycles. The predicted molar refractivity (Wildman–Crippen MR) is 103 cm³/mol. The van der Waals surface area contributed by atoms with Crippen molar-refractivity contribution in [2.24, 2.45) is 5.92 Å². The van der Waals surface area contributed by atoms with Crippen LogP contribution in [0.15, 0.2) is 0 Å². The monoisotopic (exact) mass is 383 g/mol. The fraction of sp³-hybridized carbons (Fsp3) is 0.941. The van der Waals surface area contributed by atoms with Gasteiger partial charge in [-0.2, -0.15) is 0 Å². The zero-order chi connectivity index (χ0) is 15.9. The highest BCUT2D eigenvalue weighted by molar-refractivity contribution is 5.85. The Labute approximate surface area is 159 Å². The van der Waals surface area contributed by atoms with Gasteiger partial charge in [-0.3, -0.25) is 4.79 Å². The normalized spacial score (nSPS) is 26.9. The number of fused-ring (bicyclic) bond motifs is 1. The number of amides is 1. The third-order valence-electron chi connectivity index (χ3n) is 4.98. The molecule has 1 aliphatic carbocycles. The van der Waals surface area contributed by atoms with Gasteiger partial charge >= 0.3 is 0 Å². The molecular weight excluding hydrogens is 349 g/mol. The summed E-state index contributed by atoms with van der Waals surface area (Å²) in [5.41, 5.74) is 0. The summed E-state index contributed by atoms with van der Waals surface area (Å²) in [7, 11) is 4.12. The van der Waals surface area contributed by atoms with Gasteiger partial charge in [-0.15, -0.1) is 24.8 Å². The van der Waals surface area contributed by atoms with Gasteiger partial charge in [0, 0.05) is 25.7 Å². The van der Waals surface area contributed by atoms with Gasteiger partial charge < -0.3 is 20.3 Å². The van der Waals surface area contributed by atoms with E-state index in [1.165, 1.54) is 25.7 Å². The van der Waals surface area contributed by atoms with E-state index in [0.29, 0.717) is 25.1 Å². The van der Waals surface area contributed by atoms with Gasteiger partial charge in [0.15, 0.2) is 0 Å². The number of ether oxygens (including phenoxy) is 1. The SMILES string of the molecule is CCOC(CCN(C)C)CNC(=O)C1CC2CCCCC2N1.Cl.Cl. The van der Waals surface area contributed by atoms with Crippen LogP contribution in [0.25, 0.3) is 0 Å². The molecule has 1 saturated carbocycles. The minimum absolute atomic E-state index is 0. The minimum Gasteiger partial charge on any atom is -0.377 e. The molecule has 1 amide bonds. The van der Waals surface area contributed by atoms with Gasteiger partial charge in [0.05, 0.1) is 12.1 Å². The Morgan fingerprint density at radius 1 is 1.29 bits per heavy atom. The summed E-state index contributed by atoms with van der Waals surface area (Å²) in [5, 5.41) is 6.64. The van der Waals surface area contributed by atoms with Gasteiger partial charge in [-0.25, -0.2) is 0 Å². The van der Waals surface area contributed by atoms with Crippen molar-refractivity contribution in [2.45, 2.75) is 63.6 Å². The van der Waals surface area contributed by atoms with Gasteiger partial charge in [-0.1, -0.05) is 12.8 Å². The highest BCUT2D eigenvalue weighted by Gasteiger charge is 2.38. The van der Waals surface area contributed by atoms with Crippen LogP contribution in [0.1, 0.15) is 45.4 Å². The number of carbonyl (C=O) groups is 1. The Bertz CT molecular complexity index is 345. The lowest BCUT2D eigenvalue weighted by Crippen LogP contribution is -2.45. The highest BCUT2D eigenvalue weighted by atomic mass is 35.5. The maximum Gasteiger partial charge on any atom is 0.237 e. The van der Waals surface area contributed by atoms with E-state index in [4.69, 9.17) is 4.74 Å². The second-order valence-electron chi connectivity index (χ2n) is 7.02. The predicted octanol–water partition coefficient (Wildman–Crippen LogP) is 2.22. The van der Waals surface area contributed by atoms with Crippen molar-refractivity contribution < 1.29 is 9.53 Å². The van der Waals surface area contributed by atoms with Crippen molar-refractivity contribution in [3.63, 3.8) is 0 Å². The minimum atomic E-state index is 0. The number of nitrogens with one attached hydrogen (secondary N) is 2. The molecule has 0 aromatic heterocycles. The molecule has 1 aliphatic heterocycles. The number of nitrogens with zero attached hydrogens (tertiary/aromatic N) is 1. The molecule has 2 fully saturated rings. The molecule has 0 aromatic rings. The van der Waals surface area contributed by atoms with E-state index in [1.807, 2.05) is 6.92 Å². The molecule has 4 unspecified atom stereocenters. The number of hydrogen-bond acceptors (Lipinski definition) is 4. The largest absolute Gasteiger partial charge is 0.377 e. The molecular formula is C17H35Cl2N3O2. The van der Waals surface area contributed by atoms with E-state index in [-0.39, 0.29) is 42.9 Å². The smallest absolute Gasteiger partial charge is 0.237 e. The van der Waals surface area contributed by atoms with E-state index >= 15 is 0 Å². The molecule has 4 atom stereocenters. The van der Waals surface area contributed by atoms with Crippen molar-refractivity contribution in [2.75, 3.05) is 33.8 Å². The third-order valence-corrected chi connectivity index (χ3v) is 4.98. The lowest BCUT2D eigenvalue weighted by Gasteiger charge is -2.24. The molecule has 0 aromatic carbocycles. The summed E-state index contributed by atoms with van der Waals surface area (Å²) in [4.78, 5) is 14.5. The summed E-state index contributed by atoms with van der Waals surface area (Å²) in [6.07, 6.45) is 7.22. The van der Waals surface area contributed by atoms with Crippen LogP contribution in [-0.2, 0) is 9.53 Å². The molecule has 0 spiro atoms. The van der Waals surface area contributed by atoms with E-state index in [1.54, 1.807) is 0 Å². The Hall–Kier alpha value is -0.0700. The van der Waals surface area contributed by atoms with Crippen molar-refractivity contribution in [3.8, 4) is 0 Å². The summed E-state index contributed by atoms with van der Waals surface area (Å²) in [5.74, 6) is 0.866. The number of carbonyl (C=O) groups excluding carboxylic acids is 1. The van der Waals surface area contributed by atoms with Gasteiger partial charge in [-0.05, 0) is 52.6 Å². The molecule has 5 nitrogen and oxygen atoms in total. The maximum absolute atomic E-state index is 12.4. The fourth-order valence-corrected chi connectivity index (χ4v) is 3.74. The van der Waals surface area contributed by atoms with Crippen LogP contribution in [0.4, 0.5) is 0 Å². The Morgan fingerprint density at radius 2 is 2.00 bits per heavy atom. The molecule has 144 valence electrons. The summed E-state index contributed by atoms with van der Waals surface area (Å²) < 4.78 is 5.74. The van der Waals surface area contributed by atoms with E-state index < -0.39 is 0 Å². The van der Waals surface area contributed by atoms with Gasteiger partial charge in [0.1, 0.15) is 0 Å². The lowest BCUT2D eigenvalue weighted by molar-refractivity contribution is -0.123. The summed E-state index contributed by atoms with van der Waals surface area (Å²) in [6, 6.07) is 0.574. The molecule has 24 heavy (non-hydrogen) atoms. The second kappa shape index (κ2) is 12.3. The number of hydrogen-bond donors (Lipinski definition) is 2. The molecule has 2 N–H and O–H groups in total. The third kappa shape index (κ3) is 7.44. The van der Waals surface area contributed by atoms with Crippen LogP contribution in [0.3, 0.4) is 0 Å². The average molecular weight is 384 g/mol. The van der Waals surface area contributed by atoms with Crippen LogP contribution in [0, 0.1) is 5.92 Å². The Balaban J connectivity index is 0.00000264. The van der Waals surface area contributed by atoms with E-state index in [9.17, 15) is 4.79 Å². The van der Waals surface area contributed by atoms with Crippen LogP contribution >= 0.6 is 24.8 Å². The first-order valence-electron chi connectivity index (χ1n) is 8.90. The Kier molecular flexibility index (Phi) is 12.3. The first-order chi connectivity index (χ1) is 10.6. The molecule has 0 bridgehead atoms. The molecule has 2 rings (SSSR count). The molecule has 7 heteroatoms. The fourth-order valence-electron chi connectivity index (χ4n) is 3.74. The summed E-state index contributed by atoms with van der Waals surface area (Å²) in [6.45, 7) is 4.30. The topological polar surface area (TPSA) is 53.6 Å². The van der Waals surface area contributed by atoms with E-state index in [0.717, 1.165) is 19.4 Å². The van der Waals surface area contributed by atoms with Crippen LogP contribution in [0.2, 0.25) is 0 Å². The molecule has 2 aliphatic rings. The van der Waals surface area contributed by atoms with E-state index in [2.05, 4.69) is 29.6 Å². The molecule has 0 radical (unpaired) electrons. The zero-order valence-electron chi connectivity index (χ0n) is 15.3.